The number of rotatable bonds is 4. The number of pyridine rings is 1. The van der Waals surface area contributed by atoms with Gasteiger partial charge >= 0.3 is 0 Å². The second kappa shape index (κ2) is 6.64. The lowest BCUT2D eigenvalue weighted by Crippen LogP contribution is -2.07. The van der Waals surface area contributed by atoms with E-state index in [0.29, 0.717) is 5.69 Å². The molecule has 0 spiro atoms. The zero-order chi connectivity index (χ0) is 17.9. The minimum atomic E-state index is -0.223. The number of carbonyl (C=O) groups is 1. The maximum atomic E-state index is 12.3. The molecule has 128 valence electrons. The Kier molecular flexibility index (Phi) is 4.03. The van der Waals surface area contributed by atoms with Crippen molar-refractivity contribution in [3.63, 3.8) is 0 Å². The topological polar surface area (TPSA) is 88.5 Å². The number of aryl methyl sites for hydroxylation is 1. The number of aromatic amines is 1. The van der Waals surface area contributed by atoms with Gasteiger partial charge in [0.15, 0.2) is 0 Å². The zero-order valence-electron chi connectivity index (χ0n) is 14.0. The number of aromatic nitrogens is 5. The van der Waals surface area contributed by atoms with Crippen molar-refractivity contribution in [2.75, 3.05) is 5.32 Å². The quantitative estimate of drug-likeness (QED) is 0.557. The van der Waals surface area contributed by atoms with Crippen LogP contribution in [0.1, 0.15) is 5.56 Å². The molecule has 0 atom stereocenters. The second-order valence-corrected chi connectivity index (χ2v) is 5.83. The Morgan fingerprint density at radius 1 is 1.23 bits per heavy atom. The summed E-state index contributed by atoms with van der Waals surface area (Å²) in [5, 5.41) is 14.8. The summed E-state index contributed by atoms with van der Waals surface area (Å²) in [7, 11) is 1.87. The highest BCUT2D eigenvalue weighted by Gasteiger charge is 2.07. The summed E-state index contributed by atoms with van der Waals surface area (Å²) < 4.78 is 1.74. The molecule has 4 aromatic rings. The number of fused-ring (bicyclic) bond motifs is 1. The minimum Gasteiger partial charge on any atom is -0.322 e. The van der Waals surface area contributed by atoms with E-state index in [1.54, 1.807) is 35.5 Å². The van der Waals surface area contributed by atoms with Gasteiger partial charge in [0.2, 0.25) is 5.91 Å². The summed E-state index contributed by atoms with van der Waals surface area (Å²) in [4.78, 5) is 16.5. The average Bonchev–Trinajstić information content (AvgIpc) is 3.30. The van der Waals surface area contributed by atoms with Gasteiger partial charge in [0.1, 0.15) is 0 Å². The monoisotopic (exact) mass is 344 g/mol. The zero-order valence-corrected chi connectivity index (χ0v) is 14.0. The summed E-state index contributed by atoms with van der Waals surface area (Å²) in [6, 6.07) is 7.51. The molecule has 26 heavy (non-hydrogen) atoms. The highest BCUT2D eigenvalue weighted by Crippen LogP contribution is 2.24. The lowest BCUT2D eigenvalue weighted by molar-refractivity contribution is -0.111. The van der Waals surface area contributed by atoms with Gasteiger partial charge in [-0.25, -0.2) is 0 Å². The predicted molar refractivity (Wildman–Crippen MR) is 100 cm³/mol. The number of hydrogen-bond donors (Lipinski definition) is 2. The van der Waals surface area contributed by atoms with Gasteiger partial charge in [-0.15, -0.1) is 0 Å². The maximum absolute atomic E-state index is 12.3. The van der Waals surface area contributed by atoms with E-state index >= 15 is 0 Å². The van der Waals surface area contributed by atoms with Crippen molar-refractivity contribution in [3.8, 4) is 11.1 Å². The fourth-order valence-corrected chi connectivity index (χ4v) is 2.78. The fraction of sp³-hybridized carbons (Fsp3) is 0.0526. The first-order chi connectivity index (χ1) is 12.7. The van der Waals surface area contributed by atoms with Crippen LogP contribution in [0, 0.1) is 0 Å². The number of amides is 1. The number of hydrogen-bond acceptors (Lipinski definition) is 4. The Balaban J connectivity index is 1.57. The lowest BCUT2D eigenvalue weighted by atomic mass is 10.0. The Labute approximate surface area is 149 Å². The molecule has 0 radical (unpaired) electrons. The molecule has 0 bridgehead atoms. The lowest BCUT2D eigenvalue weighted by Gasteiger charge is -2.04. The van der Waals surface area contributed by atoms with Gasteiger partial charge in [-0.3, -0.25) is 19.6 Å². The van der Waals surface area contributed by atoms with Crippen molar-refractivity contribution < 1.29 is 4.79 Å². The van der Waals surface area contributed by atoms with Gasteiger partial charge in [-0.05, 0) is 29.8 Å². The summed E-state index contributed by atoms with van der Waals surface area (Å²) in [5.41, 5.74) is 4.37. The van der Waals surface area contributed by atoms with Crippen LogP contribution in [0.2, 0.25) is 0 Å². The van der Waals surface area contributed by atoms with Crippen LogP contribution in [-0.4, -0.2) is 30.9 Å². The van der Waals surface area contributed by atoms with Gasteiger partial charge in [0.05, 0.1) is 23.6 Å². The Morgan fingerprint density at radius 2 is 2.15 bits per heavy atom. The van der Waals surface area contributed by atoms with Crippen LogP contribution < -0.4 is 5.32 Å². The van der Waals surface area contributed by atoms with Gasteiger partial charge < -0.3 is 5.32 Å². The summed E-state index contributed by atoms with van der Waals surface area (Å²) >= 11 is 0. The van der Waals surface area contributed by atoms with Gasteiger partial charge in [-0.1, -0.05) is 6.07 Å². The van der Waals surface area contributed by atoms with Crippen molar-refractivity contribution in [3.05, 3.63) is 66.9 Å². The van der Waals surface area contributed by atoms with Crippen molar-refractivity contribution in [1.82, 2.24) is 25.0 Å². The van der Waals surface area contributed by atoms with Crippen molar-refractivity contribution in [2.24, 2.45) is 7.05 Å². The Bertz CT molecular complexity index is 1110. The molecule has 0 saturated carbocycles. The standard InChI is InChI=1S/C19H16N6O/c1-25-12-14(10-22-25)15-7-8-20-9-13(15)5-6-19(26)23-17-3-2-4-18-16(17)11-21-24-18/h2-12H,1H3,(H,21,24)(H,23,26). The Hall–Kier alpha value is -3.74. The highest BCUT2D eigenvalue weighted by atomic mass is 16.1. The van der Waals surface area contributed by atoms with E-state index in [1.807, 2.05) is 37.5 Å². The van der Waals surface area contributed by atoms with Crippen LogP contribution in [0.5, 0.6) is 0 Å². The van der Waals surface area contributed by atoms with Crippen molar-refractivity contribution in [1.29, 1.82) is 0 Å². The third kappa shape index (κ3) is 3.10. The predicted octanol–water partition coefficient (Wildman–Crippen LogP) is 3.01. The number of H-pyrrole nitrogens is 1. The average molecular weight is 344 g/mol. The van der Waals surface area contributed by atoms with Crippen molar-refractivity contribution >= 4 is 28.6 Å². The first kappa shape index (κ1) is 15.8. The molecule has 7 heteroatoms. The summed E-state index contributed by atoms with van der Waals surface area (Å²) in [5.74, 6) is -0.223. The molecule has 0 saturated heterocycles. The molecular weight excluding hydrogens is 328 g/mol. The van der Waals surface area contributed by atoms with Crippen LogP contribution >= 0.6 is 0 Å². The number of benzene rings is 1. The molecular formula is C19H16N6O. The largest absolute Gasteiger partial charge is 0.322 e. The fourth-order valence-electron chi connectivity index (χ4n) is 2.78. The van der Waals surface area contributed by atoms with Gasteiger partial charge in [0, 0.05) is 48.2 Å². The van der Waals surface area contributed by atoms with Crippen LogP contribution in [-0.2, 0) is 11.8 Å². The molecule has 0 unspecified atom stereocenters. The Morgan fingerprint density at radius 3 is 3.00 bits per heavy atom. The first-order valence-electron chi connectivity index (χ1n) is 8.05. The van der Waals surface area contributed by atoms with Crippen LogP contribution in [0.15, 0.2) is 61.3 Å². The van der Waals surface area contributed by atoms with E-state index in [2.05, 4.69) is 25.6 Å². The van der Waals surface area contributed by atoms with Crippen LogP contribution in [0.4, 0.5) is 5.69 Å². The van der Waals surface area contributed by atoms with E-state index < -0.39 is 0 Å². The van der Waals surface area contributed by atoms with E-state index in [-0.39, 0.29) is 5.91 Å². The molecule has 3 heterocycles. The van der Waals surface area contributed by atoms with Gasteiger partial charge in [0.25, 0.3) is 0 Å². The van der Waals surface area contributed by atoms with Crippen LogP contribution in [0.3, 0.4) is 0 Å². The number of carbonyl (C=O) groups excluding carboxylic acids is 1. The highest BCUT2D eigenvalue weighted by molar-refractivity contribution is 6.07. The maximum Gasteiger partial charge on any atom is 0.248 e. The summed E-state index contributed by atoms with van der Waals surface area (Å²) in [6.07, 6.45) is 12.1. The normalized spacial score (nSPS) is 11.3. The van der Waals surface area contributed by atoms with E-state index in [0.717, 1.165) is 27.6 Å². The molecule has 0 aliphatic heterocycles. The molecule has 4 rings (SSSR count). The first-order valence-corrected chi connectivity index (χ1v) is 8.05. The molecule has 7 nitrogen and oxygen atoms in total. The van der Waals surface area contributed by atoms with E-state index in [4.69, 9.17) is 0 Å². The van der Waals surface area contributed by atoms with Crippen molar-refractivity contribution in [2.45, 2.75) is 0 Å². The molecule has 0 fully saturated rings. The van der Waals surface area contributed by atoms with Crippen LogP contribution in [0.25, 0.3) is 28.1 Å². The summed E-state index contributed by atoms with van der Waals surface area (Å²) in [6.45, 7) is 0. The SMILES string of the molecule is Cn1cc(-c2ccncc2C=CC(=O)Nc2cccc3[nH]ncc23)cn1. The van der Waals surface area contributed by atoms with E-state index in [9.17, 15) is 4.79 Å². The second-order valence-electron chi connectivity index (χ2n) is 5.83. The third-order valence-electron chi connectivity index (χ3n) is 4.02. The number of anilines is 1. The molecule has 2 N–H and O–H groups in total. The minimum absolute atomic E-state index is 0.223. The molecule has 3 aromatic heterocycles. The third-order valence-corrected chi connectivity index (χ3v) is 4.02. The van der Waals surface area contributed by atoms with Gasteiger partial charge in [-0.2, -0.15) is 10.2 Å². The molecule has 1 amide bonds. The number of nitrogens with one attached hydrogen (secondary N) is 2. The molecule has 0 aliphatic carbocycles. The molecule has 0 aliphatic rings. The number of nitrogens with zero attached hydrogens (tertiary/aromatic N) is 4. The van der Waals surface area contributed by atoms with E-state index in [1.165, 1.54) is 6.08 Å². The molecule has 1 aromatic carbocycles. The smallest absolute Gasteiger partial charge is 0.248 e.